The van der Waals surface area contributed by atoms with Crippen LogP contribution in [-0.4, -0.2) is 33.0 Å². The molecule has 152 valence electrons. The Morgan fingerprint density at radius 2 is 1.93 bits per heavy atom. The van der Waals surface area contributed by atoms with Crippen molar-refractivity contribution in [2.24, 2.45) is 5.92 Å². The molecule has 1 aromatic carbocycles. The first-order chi connectivity index (χ1) is 13.9. The maximum Gasteiger partial charge on any atom is 0.336 e. The summed E-state index contributed by atoms with van der Waals surface area (Å²) < 4.78 is 16.5. The molecule has 2 aromatic heterocycles. The summed E-state index contributed by atoms with van der Waals surface area (Å²) in [6.07, 6.45) is 1.89. The lowest BCUT2D eigenvalue weighted by Gasteiger charge is -2.30. The number of aromatic nitrogens is 2. The van der Waals surface area contributed by atoms with Gasteiger partial charge in [-0.1, -0.05) is 6.92 Å². The van der Waals surface area contributed by atoms with Crippen LogP contribution >= 0.6 is 11.3 Å². The third-order valence-corrected chi connectivity index (χ3v) is 6.48. The third-order valence-electron chi connectivity index (χ3n) is 5.58. The highest BCUT2D eigenvalue weighted by molar-refractivity contribution is 7.17. The Balaban J connectivity index is 1.81. The van der Waals surface area contributed by atoms with Crippen LogP contribution in [-0.2, 0) is 11.3 Å². The maximum absolute atomic E-state index is 13.7. The quantitative estimate of drug-likeness (QED) is 0.661. The Morgan fingerprint density at radius 1 is 1.21 bits per heavy atom. The number of carbonyl (C=O) groups is 1. The van der Waals surface area contributed by atoms with Gasteiger partial charge in [0, 0.05) is 13.1 Å². The first-order valence-corrected chi connectivity index (χ1v) is 10.5. The summed E-state index contributed by atoms with van der Waals surface area (Å²) in [6, 6.07) is 5.80. The lowest BCUT2D eigenvalue weighted by molar-refractivity contribution is -0.133. The third kappa shape index (κ3) is 3.53. The van der Waals surface area contributed by atoms with E-state index in [4.69, 9.17) is 0 Å². The Labute approximate surface area is 170 Å². The topological polar surface area (TPSA) is 64.3 Å². The SMILES string of the molecule is Cc1cc(-n2c(=O)c3sccc3n(CC(=O)N3CCC(C)CC3)c2=O)ccc1F. The monoisotopic (exact) mass is 415 g/mol. The molecule has 0 unspecified atom stereocenters. The second kappa shape index (κ2) is 7.59. The van der Waals surface area contributed by atoms with Gasteiger partial charge in [0.2, 0.25) is 5.91 Å². The zero-order valence-corrected chi connectivity index (χ0v) is 17.2. The first-order valence-electron chi connectivity index (χ1n) is 9.64. The van der Waals surface area contributed by atoms with Crippen LogP contribution in [0, 0.1) is 18.7 Å². The van der Waals surface area contributed by atoms with Crippen LogP contribution in [0.1, 0.15) is 25.3 Å². The molecule has 0 aliphatic carbocycles. The fraction of sp³-hybridized carbons (Fsp3) is 0.381. The van der Waals surface area contributed by atoms with E-state index in [9.17, 15) is 18.8 Å². The van der Waals surface area contributed by atoms with Gasteiger partial charge in [-0.25, -0.2) is 13.8 Å². The van der Waals surface area contributed by atoms with E-state index < -0.39 is 17.1 Å². The van der Waals surface area contributed by atoms with Gasteiger partial charge in [0.15, 0.2) is 0 Å². The lowest BCUT2D eigenvalue weighted by atomic mass is 9.99. The zero-order chi connectivity index (χ0) is 20.7. The minimum Gasteiger partial charge on any atom is -0.341 e. The summed E-state index contributed by atoms with van der Waals surface area (Å²) in [7, 11) is 0. The average Bonchev–Trinajstić information content (AvgIpc) is 3.18. The minimum atomic E-state index is -0.592. The van der Waals surface area contributed by atoms with Crippen molar-refractivity contribution in [1.82, 2.24) is 14.0 Å². The molecule has 0 spiro atoms. The van der Waals surface area contributed by atoms with Crippen molar-refractivity contribution in [3.05, 3.63) is 61.9 Å². The van der Waals surface area contributed by atoms with Crippen molar-refractivity contribution < 1.29 is 9.18 Å². The summed E-state index contributed by atoms with van der Waals surface area (Å²) in [5.74, 6) is 0.0507. The minimum absolute atomic E-state index is 0.124. The van der Waals surface area contributed by atoms with E-state index in [0.717, 1.165) is 17.4 Å². The molecule has 29 heavy (non-hydrogen) atoms. The molecule has 1 aliphatic rings. The van der Waals surface area contributed by atoms with Crippen molar-refractivity contribution in [2.75, 3.05) is 13.1 Å². The molecule has 0 saturated carbocycles. The number of carbonyl (C=O) groups excluding carboxylic acids is 1. The van der Waals surface area contributed by atoms with E-state index in [-0.39, 0.29) is 12.5 Å². The van der Waals surface area contributed by atoms with Gasteiger partial charge in [0.05, 0.1) is 11.2 Å². The predicted octanol–water partition coefficient (Wildman–Crippen LogP) is 2.92. The predicted molar refractivity (Wildman–Crippen MR) is 111 cm³/mol. The number of thiophene rings is 1. The molecule has 1 aliphatic heterocycles. The van der Waals surface area contributed by atoms with Gasteiger partial charge in [0.1, 0.15) is 17.1 Å². The number of nitrogens with zero attached hydrogens (tertiary/aromatic N) is 3. The molecule has 0 atom stereocenters. The van der Waals surface area contributed by atoms with E-state index in [1.54, 1.807) is 23.3 Å². The number of halogens is 1. The van der Waals surface area contributed by atoms with Crippen molar-refractivity contribution in [3.8, 4) is 5.69 Å². The molecule has 1 saturated heterocycles. The molecular formula is C21H22FN3O3S. The van der Waals surface area contributed by atoms with Gasteiger partial charge in [-0.3, -0.25) is 14.2 Å². The number of piperidine rings is 1. The molecule has 0 radical (unpaired) electrons. The standard InChI is InChI=1S/C21H22FN3O3S/c1-13-5-8-23(9-6-13)18(26)12-24-17-7-10-29-19(17)20(27)25(21(24)28)15-3-4-16(22)14(2)11-15/h3-4,7,10-11,13H,5-6,8-9,12H2,1-2H3. The Kier molecular flexibility index (Phi) is 5.12. The Morgan fingerprint density at radius 3 is 2.62 bits per heavy atom. The highest BCUT2D eigenvalue weighted by Gasteiger charge is 2.23. The van der Waals surface area contributed by atoms with Crippen LogP contribution in [0.5, 0.6) is 0 Å². The van der Waals surface area contributed by atoms with Crippen LogP contribution in [0.2, 0.25) is 0 Å². The molecule has 1 amide bonds. The summed E-state index contributed by atoms with van der Waals surface area (Å²) in [5.41, 5.74) is 0.0401. The second-order valence-corrected chi connectivity index (χ2v) is 8.56. The molecule has 3 aromatic rings. The smallest absolute Gasteiger partial charge is 0.336 e. The molecular weight excluding hydrogens is 393 g/mol. The van der Waals surface area contributed by atoms with E-state index in [0.29, 0.717) is 40.5 Å². The Hall–Kier alpha value is -2.74. The summed E-state index contributed by atoms with van der Waals surface area (Å²) in [4.78, 5) is 40.8. The second-order valence-electron chi connectivity index (χ2n) is 7.64. The van der Waals surface area contributed by atoms with Crippen LogP contribution < -0.4 is 11.2 Å². The average molecular weight is 415 g/mol. The fourth-order valence-corrected chi connectivity index (χ4v) is 4.55. The number of fused-ring (bicyclic) bond motifs is 1. The van der Waals surface area contributed by atoms with Crippen LogP contribution in [0.15, 0.2) is 39.2 Å². The van der Waals surface area contributed by atoms with Gasteiger partial charge in [-0.15, -0.1) is 11.3 Å². The van der Waals surface area contributed by atoms with Crippen molar-refractivity contribution in [3.63, 3.8) is 0 Å². The molecule has 1 fully saturated rings. The number of likely N-dealkylation sites (tertiary alicyclic amines) is 1. The largest absolute Gasteiger partial charge is 0.341 e. The molecule has 6 nitrogen and oxygen atoms in total. The lowest BCUT2D eigenvalue weighted by Crippen LogP contribution is -2.44. The molecule has 0 N–H and O–H groups in total. The summed E-state index contributed by atoms with van der Waals surface area (Å²) in [5, 5.41) is 1.73. The van der Waals surface area contributed by atoms with Gasteiger partial charge in [-0.05, 0) is 60.9 Å². The van der Waals surface area contributed by atoms with E-state index in [1.807, 2.05) is 0 Å². The molecule has 4 rings (SSSR count). The van der Waals surface area contributed by atoms with E-state index in [1.165, 1.54) is 34.1 Å². The number of rotatable bonds is 3. The number of aryl methyl sites for hydroxylation is 1. The number of hydrogen-bond acceptors (Lipinski definition) is 4. The summed E-state index contributed by atoms with van der Waals surface area (Å²) >= 11 is 1.22. The number of amides is 1. The van der Waals surface area contributed by atoms with Gasteiger partial charge >= 0.3 is 5.69 Å². The highest BCUT2D eigenvalue weighted by Crippen LogP contribution is 2.19. The highest BCUT2D eigenvalue weighted by atomic mass is 32.1. The number of hydrogen-bond donors (Lipinski definition) is 0. The zero-order valence-electron chi connectivity index (χ0n) is 16.4. The van der Waals surface area contributed by atoms with Crippen molar-refractivity contribution in [2.45, 2.75) is 33.2 Å². The van der Waals surface area contributed by atoms with E-state index in [2.05, 4.69) is 6.92 Å². The van der Waals surface area contributed by atoms with E-state index >= 15 is 0 Å². The molecule has 0 bridgehead atoms. The maximum atomic E-state index is 13.7. The molecule has 8 heteroatoms. The van der Waals surface area contributed by atoms with Gasteiger partial charge < -0.3 is 4.90 Å². The van der Waals surface area contributed by atoms with Crippen LogP contribution in [0.3, 0.4) is 0 Å². The summed E-state index contributed by atoms with van der Waals surface area (Å²) in [6.45, 7) is 4.98. The van der Waals surface area contributed by atoms with Crippen molar-refractivity contribution >= 4 is 27.5 Å². The van der Waals surface area contributed by atoms with Crippen LogP contribution in [0.4, 0.5) is 4.39 Å². The van der Waals surface area contributed by atoms with Gasteiger partial charge in [-0.2, -0.15) is 0 Å². The Bertz CT molecular complexity index is 1200. The van der Waals surface area contributed by atoms with Crippen LogP contribution in [0.25, 0.3) is 15.9 Å². The first kappa shape index (κ1) is 19.6. The fourth-order valence-electron chi connectivity index (χ4n) is 3.73. The van der Waals surface area contributed by atoms with Crippen molar-refractivity contribution in [1.29, 1.82) is 0 Å². The normalized spacial score (nSPS) is 15.2. The molecule has 3 heterocycles. The number of benzene rings is 1. The van der Waals surface area contributed by atoms with Gasteiger partial charge in [0.25, 0.3) is 5.56 Å².